The third-order valence-electron chi connectivity index (χ3n) is 2.95. The van der Waals surface area contributed by atoms with Crippen LogP contribution in [0.2, 0.25) is 0 Å². The van der Waals surface area contributed by atoms with Crippen LogP contribution in [0.25, 0.3) is 0 Å². The molecule has 0 radical (unpaired) electrons. The monoisotopic (exact) mass is 218 g/mol. The van der Waals surface area contributed by atoms with Crippen LogP contribution in [0.3, 0.4) is 0 Å². The van der Waals surface area contributed by atoms with Crippen molar-refractivity contribution in [3.05, 3.63) is 11.6 Å². The summed E-state index contributed by atoms with van der Waals surface area (Å²) in [7, 11) is 0. The van der Waals surface area contributed by atoms with Crippen molar-refractivity contribution in [2.45, 2.75) is 38.2 Å². The standard InChI is InChI=1S/C9H18N2O4/c1-3-4-7(13)15-8(14)5(10)6(12)9(4,2)11/h4,6-7,12-14H,3,10-11H2,1-2H3/t4?,6?,7?,9-/m1/s1. The van der Waals surface area contributed by atoms with Gasteiger partial charge >= 0.3 is 5.95 Å². The Hall–Kier alpha value is -0.980. The molecule has 0 spiro atoms. The Kier molecular flexibility index (Phi) is 3.13. The first-order valence-corrected chi connectivity index (χ1v) is 4.82. The summed E-state index contributed by atoms with van der Waals surface area (Å²) in [6.45, 7) is 3.36. The topological polar surface area (TPSA) is 122 Å². The van der Waals surface area contributed by atoms with E-state index in [-0.39, 0.29) is 5.70 Å². The van der Waals surface area contributed by atoms with Crippen LogP contribution in [0.5, 0.6) is 0 Å². The van der Waals surface area contributed by atoms with E-state index in [2.05, 4.69) is 0 Å². The van der Waals surface area contributed by atoms with Gasteiger partial charge in [-0.1, -0.05) is 6.92 Å². The number of ether oxygens (including phenoxy) is 1. The number of aliphatic hydroxyl groups is 3. The third-order valence-corrected chi connectivity index (χ3v) is 2.95. The summed E-state index contributed by atoms with van der Waals surface area (Å²) < 4.78 is 4.76. The van der Waals surface area contributed by atoms with Crippen molar-refractivity contribution in [1.29, 1.82) is 0 Å². The quantitative estimate of drug-likeness (QED) is 0.390. The van der Waals surface area contributed by atoms with Gasteiger partial charge in [0.05, 0.1) is 5.54 Å². The first-order chi connectivity index (χ1) is 6.82. The molecular weight excluding hydrogens is 200 g/mol. The fourth-order valence-corrected chi connectivity index (χ4v) is 1.87. The van der Waals surface area contributed by atoms with E-state index in [1.54, 1.807) is 13.8 Å². The van der Waals surface area contributed by atoms with Gasteiger partial charge in [-0.3, -0.25) is 0 Å². The van der Waals surface area contributed by atoms with E-state index in [9.17, 15) is 15.3 Å². The first-order valence-electron chi connectivity index (χ1n) is 4.82. The molecule has 0 saturated carbocycles. The van der Waals surface area contributed by atoms with Gasteiger partial charge in [0.25, 0.3) is 0 Å². The maximum atomic E-state index is 9.82. The van der Waals surface area contributed by atoms with Gasteiger partial charge in [0.1, 0.15) is 11.8 Å². The van der Waals surface area contributed by atoms with Crippen LogP contribution in [0.4, 0.5) is 0 Å². The lowest BCUT2D eigenvalue weighted by molar-refractivity contribution is -0.145. The number of hydrogen-bond donors (Lipinski definition) is 5. The third kappa shape index (κ3) is 1.88. The van der Waals surface area contributed by atoms with E-state index >= 15 is 0 Å². The van der Waals surface area contributed by atoms with Gasteiger partial charge < -0.3 is 31.5 Å². The second-order valence-electron chi connectivity index (χ2n) is 4.05. The summed E-state index contributed by atoms with van der Waals surface area (Å²) in [5, 5.41) is 28.7. The fourth-order valence-electron chi connectivity index (χ4n) is 1.87. The highest BCUT2D eigenvalue weighted by molar-refractivity contribution is 5.15. The average molecular weight is 218 g/mol. The van der Waals surface area contributed by atoms with E-state index in [4.69, 9.17) is 16.2 Å². The van der Waals surface area contributed by atoms with Gasteiger partial charge in [-0.15, -0.1) is 0 Å². The van der Waals surface area contributed by atoms with E-state index in [0.717, 1.165) is 0 Å². The molecule has 7 N–H and O–H groups in total. The van der Waals surface area contributed by atoms with Crippen molar-refractivity contribution in [2.75, 3.05) is 0 Å². The molecule has 4 atom stereocenters. The Bertz CT molecular complexity index is 277. The zero-order valence-electron chi connectivity index (χ0n) is 8.84. The number of nitrogens with two attached hydrogens (primary N) is 2. The van der Waals surface area contributed by atoms with E-state index in [1.165, 1.54) is 0 Å². The second-order valence-corrected chi connectivity index (χ2v) is 4.05. The van der Waals surface area contributed by atoms with Gasteiger partial charge in [-0.05, 0) is 13.3 Å². The molecule has 0 aromatic rings. The highest BCUT2D eigenvalue weighted by Crippen LogP contribution is 2.32. The predicted molar refractivity (Wildman–Crippen MR) is 53.3 cm³/mol. The minimum atomic E-state index is -1.28. The molecule has 0 aliphatic carbocycles. The largest absolute Gasteiger partial charge is 0.480 e. The van der Waals surface area contributed by atoms with Crippen molar-refractivity contribution < 1.29 is 20.1 Å². The summed E-state index contributed by atoms with van der Waals surface area (Å²) in [6, 6.07) is 0. The van der Waals surface area contributed by atoms with Crippen LogP contribution in [-0.2, 0) is 4.74 Å². The van der Waals surface area contributed by atoms with Crippen molar-refractivity contribution in [3.63, 3.8) is 0 Å². The maximum absolute atomic E-state index is 9.82. The summed E-state index contributed by atoms with van der Waals surface area (Å²) in [5.41, 5.74) is 9.94. The molecule has 3 unspecified atom stereocenters. The Balaban J connectivity index is 3.13. The fraction of sp³-hybridized carbons (Fsp3) is 0.778. The summed E-state index contributed by atoms with van der Waals surface area (Å²) in [5.74, 6) is -1.18. The van der Waals surface area contributed by atoms with Crippen LogP contribution < -0.4 is 11.5 Å². The average Bonchev–Trinajstić information content (AvgIpc) is 2.19. The Labute approximate surface area is 88.1 Å². The van der Waals surface area contributed by atoms with Gasteiger partial charge in [0, 0.05) is 5.92 Å². The molecule has 6 heteroatoms. The molecule has 0 fully saturated rings. The Morgan fingerprint density at radius 1 is 1.47 bits per heavy atom. The molecule has 15 heavy (non-hydrogen) atoms. The highest BCUT2D eigenvalue weighted by atomic mass is 16.7. The van der Waals surface area contributed by atoms with Crippen LogP contribution >= 0.6 is 0 Å². The maximum Gasteiger partial charge on any atom is 0.301 e. The molecule has 1 heterocycles. The molecule has 0 bridgehead atoms. The Morgan fingerprint density at radius 2 is 2.00 bits per heavy atom. The molecule has 88 valence electrons. The molecule has 0 aromatic heterocycles. The van der Waals surface area contributed by atoms with E-state index in [0.29, 0.717) is 6.42 Å². The Morgan fingerprint density at radius 3 is 2.47 bits per heavy atom. The minimum absolute atomic E-state index is 0.255. The molecular formula is C9H18N2O4. The molecule has 1 aliphatic rings. The lowest BCUT2D eigenvalue weighted by atomic mass is 9.79. The van der Waals surface area contributed by atoms with Gasteiger partial charge in [-0.25, -0.2) is 0 Å². The number of rotatable bonds is 1. The van der Waals surface area contributed by atoms with Crippen molar-refractivity contribution in [2.24, 2.45) is 17.4 Å². The first kappa shape index (κ1) is 12.1. The normalized spacial score (nSPS) is 42.3. The molecule has 1 rings (SSSR count). The van der Waals surface area contributed by atoms with Crippen molar-refractivity contribution in [1.82, 2.24) is 0 Å². The van der Waals surface area contributed by atoms with Crippen molar-refractivity contribution >= 4 is 0 Å². The summed E-state index contributed by atoms with van der Waals surface area (Å²) in [4.78, 5) is 0. The molecule has 0 aromatic carbocycles. The number of aliphatic hydroxyl groups excluding tert-OH is 3. The molecule has 6 nitrogen and oxygen atoms in total. The van der Waals surface area contributed by atoms with Crippen LogP contribution in [0.15, 0.2) is 11.6 Å². The van der Waals surface area contributed by atoms with Crippen molar-refractivity contribution in [3.8, 4) is 0 Å². The lowest BCUT2D eigenvalue weighted by Crippen LogP contribution is -2.57. The summed E-state index contributed by atoms with van der Waals surface area (Å²) in [6.07, 6.45) is -2.04. The molecule has 1 aliphatic heterocycles. The zero-order valence-corrected chi connectivity index (χ0v) is 8.84. The van der Waals surface area contributed by atoms with E-state index < -0.39 is 29.8 Å². The lowest BCUT2D eigenvalue weighted by Gasteiger charge is -2.36. The molecule has 0 amide bonds. The zero-order chi connectivity index (χ0) is 11.8. The smallest absolute Gasteiger partial charge is 0.301 e. The van der Waals surface area contributed by atoms with Crippen LogP contribution in [0, 0.1) is 5.92 Å². The predicted octanol–water partition coefficient (Wildman–Crippen LogP) is -0.875. The minimum Gasteiger partial charge on any atom is -0.480 e. The SMILES string of the molecule is CCC1C(O)OC(O)=C(N)C(O)[C@]1(C)N. The van der Waals surface area contributed by atoms with Gasteiger partial charge in [0.2, 0.25) is 6.29 Å². The van der Waals surface area contributed by atoms with Crippen LogP contribution in [-0.4, -0.2) is 33.3 Å². The van der Waals surface area contributed by atoms with Crippen LogP contribution in [0.1, 0.15) is 20.3 Å². The van der Waals surface area contributed by atoms with E-state index in [1.807, 2.05) is 0 Å². The summed E-state index contributed by atoms with van der Waals surface area (Å²) >= 11 is 0. The highest BCUT2D eigenvalue weighted by Gasteiger charge is 2.46. The molecule has 0 saturated heterocycles. The van der Waals surface area contributed by atoms with Gasteiger partial charge in [-0.2, -0.15) is 0 Å². The second kappa shape index (κ2) is 3.88. The number of hydrogen-bond acceptors (Lipinski definition) is 6. The van der Waals surface area contributed by atoms with Gasteiger partial charge in [0.15, 0.2) is 0 Å².